The highest BCUT2D eigenvalue weighted by molar-refractivity contribution is 7.86. The highest BCUT2D eigenvalue weighted by atomic mass is 32.2. The number of nitrogens with two attached hydrogens (primary N) is 1. The average Bonchev–Trinajstić information content (AvgIpc) is 2.68. The van der Waals surface area contributed by atoms with E-state index in [1.807, 2.05) is 4.90 Å². The number of hydrogen-bond donors (Lipinski definition) is 1. The Hall–Kier alpha value is -2.21. The molecule has 2 amide bonds. The highest BCUT2D eigenvalue weighted by Gasteiger charge is 2.30. The first kappa shape index (κ1) is 23.1. The number of amides is 2. The molecule has 1 saturated heterocycles. The van der Waals surface area contributed by atoms with E-state index in [9.17, 15) is 18.0 Å². The molecule has 1 aliphatic heterocycles. The first-order valence-electron chi connectivity index (χ1n) is 9.28. The summed E-state index contributed by atoms with van der Waals surface area (Å²) >= 11 is 0. The summed E-state index contributed by atoms with van der Waals surface area (Å²) in [5, 5.41) is 0. The van der Waals surface area contributed by atoms with Gasteiger partial charge in [0.05, 0.1) is 19.3 Å². The molecule has 1 aliphatic rings. The molecule has 1 fully saturated rings. The maximum Gasteiger partial charge on any atom is 0.281 e. The van der Waals surface area contributed by atoms with Gasteiger partial charge in [-0.2, -0.15) is 17.0 Å². The summed E-state index contributed by atoms with van der Waals surface area (Å²) < 4.78 is 32.4. The maximum atomic E-state index is 13.0. The van der Waals surface area contributed by atoms with Gasteiger partial charge in [0.25, 0.3) is 10.2 Å². The Bertz CT molecular complexity index is 822. The minimum absolute atomic E-state index is 0.0264. The average molecular weight is 428 g/mol. The van der Waals surface area contributed by atoms with Crippen LogP contribution in [0.3, 0.4) is 0 Å². The summed E-state index contributed by atoms with van der Waals surface area (Å²) in [5.74, 6) is -0.188. The largest absolute Gasteiger partial charge is 0.495 e. The highest BCUT2D eigenvalue weighted by Crippen LogP contribution is 2.28. The number of carbonyl (C=O) groups excluding carboxylic acids is 2. The Morgan fingerprint density at radius 3 is 2.31 bits per heavy atom. The van der Waals surface area contributed by atoms with Crippen LogP contribution in [0.15, 0.2) is 24.3 Å². The van der Waals surface area contributed by atoms with Crippen LogP contribution in [0.1, 0.15) is 6.42 Å². The lowest BCUT2D eigenvalue weighted by Gasteiger charge is -2.35. The summed E-state index contributed by atoms with van der Waals surface area (Å²) in [6.07, 6.45) is 0.0264. The van der Waals surface area contributed by atoms with Gasteiger partial charge in [-0.3, -0.25) is 14.5 Å². The fraction of sp³-hybridized carbons (Fsp3) is 0.556. The Balaban J connectivity index is 2.08. The van der Waals surface area contributed by atoms with E-state index < -0.39 is 16.1 Å². The summed E-state index contributed by atoms with van der Waals surface area (Å²) in [6.45, 7) is 1.74. The molecular weight excluding hydrogens is 398 g/mol. The Labute approximate surface area is 172 Å². The third kappa shape index (κ3) is 5.89. The van der Waals surface area contributed by atoms with Gasteiger partial charge in [0.2, 0.25) is 11.8 Å². The van der Waals surface area contributed by atoms with Crippen LogP contribution >= 0.6 is 0 Å². The Kier molecular flexibility index (Phi) is 7.96. The molecular formula is C18H29N5O5S. The molecule has 162 valence electrons. The van der Waals surface area contributed by atoms with Crippen molar-refractivity contribution in [2.45, 2.75) is 6.42 Å². The molecule has 2 rings (SSSR count). The lowest BCUT2D eigenvalue weighted by molar-refractivity contribution is -0.120. The fourth-order valence-corrected chi connectivity index (χ4v) is 4.17. The third-order valence-corrected chi connectivity index (χ3v) is 6.68. The molecule has 0 atom stereocenters. The van der Waals surface area contributed by atoms with Crippen LogP contribution in [-0.2, 0) is 19.8 Å². The summed E-state index contributed by atoms with van der Waals surface area (Å²) in [6, 6.07) is 7.07. The molecule has 0 spiro atoms. The number of hydrogen-bond acceptors (Lipinski definition) is 6. The minimum Gasteiger partial charge on any atom is -0.495 e. The maximum absolute atomic E-state index is 13.0. The lowest BCUT2D eigenvalue weighted by atomic mass is 10.2. The number of nitrogens with zero attached hydrogens (tertiary/aromatic N) is 4. The van der Waals surface area contributed by atoms with Gasteiger partial charge in [0.1, 0.15) is 5.75 Å². The van der Waals surface area contributed by atoms with E-state index in [4.69, 9.17) is 10.5 Å². The number of para-hydroxylation sites is 2. The Morgan fingerprint density at radius 1 is 1.14 bits per heavy atom. The topological polar surface area (TPSA) is 116 Å². The van der Waals surface area contributed by atoms with Crippen LogP contribution < -0.4 is 15.4 Å². The van der Waals surface area contributed by atoms with Crippen molar-refractivity contribution < 1.29 is 22.7 Å². The number of anilines is 1. The zero-order chi connectivity index (χ0) is 21.6. The molecule has 29 heavy (non-hydrogen) atoms. The van der Waals surface area contributed by atoms with Crippen LogP contribution in [0.25, 0.3) is 0 Å². The van der Waals surface area contributed by atoms with Crippen molar-refractivity contribution in [1.82, 2.24) is 13.5 Å². The van der Waals surface area contributed by atoms with E-state index in [1.54, 1.807) is 24.3 Å². The van der Waals surface area contributed by atoms with Crippen molar-refractivity contribution in [2.24, 2.45) is 5.73 Å². The first-order valence-corrected chi connectivity index (χ1v) is 10.7. The van der Waals surface area contributed by atoms with Crippen molar-refractivity contribution in [1.29, 1.82) is 0 Å². The molecule has 0 aliphatic carbocycles. The second-order valence-electron chi connectivity index (χ2n) is 6.90. The van der Waals surface area contributed by atoms with Crippen LogP contribution in [0.2, 0.25) is 0 Å². The van der Waals surface area contributed by atoms with E-state index in [1.165, 1.54) is 34.7 Å². The van der Waals surface area contributed by atoms with E-state index >= 15 is 0 Å². The smallest absolute Gasteiger partial charge is 0.281 e. The predicted octanol–water partition coefficient (Wildman–Crippen LogP) is -0.672. The van der Waals surface area contributed by atoms with Crippen LogP contribution in [0, 0.1) is 0 Å². The van der Waals surface area contributed by atoms with Crippen LogP contribution in [-0.4, -0.2) is 94.2 Å². The molecule has 0 bridgehead atoms. The molecule has 11 heteroatoms. The standard InChI is InChI=1S/C18H29N5O5S/c1-20(2)29(26,27)22-12-10-21(11-13-22)14-18(25)23(9-8-17(19)24)15-6-4-5-7-16(15)28-3/h4-7H,8-14H2,1-3H3,(H2,19,24). The zero-order valence-electron chi connectivity index (χ0n) is 17.1. The summed E-state index contributed by atoms with van der Waals surface area (Å²) in [5.41, 5.74) is 5.83. The minimum atomic E-state index is -3.46. The van der Waals surface area contributed by atoms with Gasteiger partial charge >= 0.3 is 0 Å². The molecule has 2 N–H and O–H groups in total. The van der Waals surface area contributed by atoms with Crippen molar-refractivity contribution in [3.63, 3.8) is 0 Å². The number of primary amides is 1. The molecule has 0 unspecified atom stereocenters. The molecule has 10 nitrogen and oxygen atoms in total. The van der Waals surface area contributed by atoms with Gasteiger partial charge in [-0.15, -0.1) is 0 Å². The number of ether oxygens (including phenoxy) is 1. The number of carbonyl (C=O) groups is 2. The van der Waals surface area contributed by atoms with Crippen LogP contribution in [0.4, 0.5) is 5.69 Å². The van der Waals surface area contributed by atoms with E-state index in [2.05, 4.69) is 0 Å². The van der Waals surface area contributed by atoms with E-state index in [0.717, 1.165) is 0 Å². The van der Waals surface area contributed by atoms with Crippen molar-refractivity contribution in [3.8, 4) is 5.75 Å². The predicted molar refractivity (Wildman–Crippen MR) is 110 cm³/mol. The van der Waals surface area contributed by atoms with Gasteiger partial charge in [-0.05, 0) is 12.1 Å². The quantitative estimate of drug-likeness (QED) is 0.559. The zero-order valence-corrected chi connectivity index (χ0v) is 17.9. The van der Waals surface area contributed by atoms with Crippen molar-refractivity contribution in [2.75, 3.05) is 65.4 Å². The Morgan fingerprint density at radius 2 is 1.76 bits per heavy atom. The lowest BCUT2D eigenvalue weighted by Crippen LogP contribution is -2.53. The monoisotopic (exact) mass is 427 g/mol. The second kappa shape index (κ2) is 10.0. The van der Waals surface area contributed by atoms with Gasteiger partial charge in [-0.1, -0.05) is 12.1 Å². The number of methoxy groups -OCH3 is 1. The molecule has 1 heterocycles. The van der Waals surface area contributed by atoms with Gasteiger partial charge in [-0.25, -0.2) is 0 Å². The first-order chi connectivity index (χ1) is 13.7. The third-order valence-electron chi connectivity index (χ3n) is 4.74. The van der Waals surface area contributed by atoms with Crippen molar-refractivity contribution in [3.05, 3.63) is 24.3 Å². The van der Waals surface area contributed by atoms with E-state index in [-0.39, 0.29) is 25.4 Å². The van der Waals surface area contributed by atoms with Gasteiger partial charge < -0.3 is 15.4 Å². The molecule has 0 radical (unpaired) electrons. The number of rotatable bonds is 9. The normalized spacial score (nSPS) is 16.0. The summed E-state index contributed by atoms with van der Waals surface area (Å²) in [7, 11) is 1.04. The van der Waals surface area contributed by atoms with Crippen molar-refractivity contribution >= 4 is 27.7 Å². The second-order valence-corrected chi connectivity index (χ2v) is 9.04. The fourth-order valence-electron chi connectivity index (χ4n) is 3.08. The molecule has 1 aromatic rings. The molecule has 0 aromatic heterocycles. The van der Waals surface area contributed by atoms with E-state index in [0.29, 0.717) is 37.6 Å². The SMILES string of the molecule is COc1ccccc1N(CCC(N)=O)C(=O)CN1CCN(S(=O)(=O)N(C)C)CC1. The number of benzene rings is 1. The van der Waals surface area contributed by atoms with Gasteiger partial charge in [0, 0.05) is 53.2 Å². The summed E-state index contributed by atoms with van der Waals surface area (Å²) in [4.78, 5) is 27.7. The van der Waals surface area contributed by atoms with Crippen LogP contribution in [0.5, 0.6) is 5.75 Å². The molecule has 0 saturated carbocycles. The van der Waals surface area contributed by atoms with Gasteiger partial charge in [0.15, 0.2) is 0 Å². The number of piperazine rings is 1. The molecule has 1 aromatic carbocycles.